The lowest BCUT2D eigenvalue weighted by Crippen LogP contribution is -2.02. The van der Waals surface area contributed by atoms with Crippen molar-refractivity contribution >= 4 is 43.4 Å². The number of hydrogen-bond acceptors (Lipinski definition) is 4. The quantitative estimate of drug-likeness (QED) is 0.210. The van der Waals surface area contributed by atoms with Gasteiger partial charge >= 0.3 is 0 Å². The maximum absolute atomic E-state index is 4.98. The average Bonchev–Trinajstić information content (AvgIpc) is 3.46. The highest BCUT2D eigenvalue weighted by Crippen LogP contribution is 2.37. The topological polar surface area (TPSA) is 56.5 Å². The zero-order valence-electron chi connectivity index (χ0n) is 24.2. The largest absolute Gasteiger partial charge is 0.308 e. The number of para-hydroxylation sites is 1. The fourth-order valence-electron chi connectivity index (χ4n) is 6.42. The Kier molecular flexibility index (Phi) is 5.74. The molecule has 0 radical (unpaired) electrons. The predicted octanol–water partition coefficient (Wildman–Crippen LogP) is 9.67. The zero-order chi connectivity index (χ0) is 29.7. The maximum Gasteiger partial charge on any atom is 0.182 e. The number of rotatable bonds is 4. The van der Waals surface area contributed by atoms with Crippen LogP contribution >= 0.6 is 0 Å². The van der Waals surface area contributed by atoms with Crippen LogP contribution in [-0.2, 0) is 0 Å². The van der Waals surface area contributed by atoms with Gasteiger partial charge in [-0.3, -0.25) is 4.98 Å². The average molecular weight is 576 g/mol. The van der Waals surface area contributed by atoms with Gasteiger partial charge in [0.25, 0.3) is 0 Å². The number of fused-ring (bicyclic) bond motifs is 6. The van der Waals surface area contributed by atoms with Gasteiger partial charge < -0.3 is 4.57 Å². The predicted molar refractivity (Wildman–Crippen MR) is 183 cm³/mol. The van der Waals surface area contributed by atoms with Crippen LogP contribution in [0.25, 0.3) is 83.3 Å². The molecule has 0 bridgehead atoms. The SMILES string of the molecule is c1ccc(-c2nc(-c3ccc(-n4c5ccccc5c5c6ccccc6ccc54)cn3)nc(-c3cccc4ccccc34)n2)cc1. The molecule has 0 aliphatic carbocycles. The van der Waals surface area contributed by atoms with Crippen LogP contribution in [0.2, 0.25) is 0 Å². The lowest BCUT2D eigenvalue weighted by atomic mass is 10.0. The van der Waals surface area contributed by atoms with Gasteiger partial charge in [0.1, 0.15) is 5.69 Å². The molecule has 0 saturated carbocycles. The number of benzene rings is 6. The maximum atomic E-state index is 4.98. The molecule has 0 fully saturated rings. The Morgan fingerprint density at radius 1 is 0.422 bits per heavy atom. The standard InChI is InChI=1S/C40H25N5/c1-2-13-28(14-3-1)38-42-39(32-19-10-15-26-11-4-6-16-30(26)32)44-40(43-38)34-23-22-29(25-41-34)45-35-20-9-8-18-33(35)37-31-17-7-5-12-27(31)21-24-36(37)45/h1-25H. The lowest BCUT2D eigenvalue weighted by Gasteiger charge is -2.11. The van der Waals surface area contributed by atoms with Gasteiger partial charge in [-0.15, -0.1) is 0 Å². The highest BCUT2D eigenvalue weighted by Gasteiger charge is 2.17. The first-order valence-corrected chi connectivity index (χ1v) is 15.0. The molecule has 0 atom stereocenters. The fraction of sp³-hybridized carbons (Fsp3) is 0. The third-order valence-electron chi connectivity index (χ3n) is 8.50. The Morgan fingerprint density at radius 2 is 1.09 bits per heavy atom. The van der Waals surface area contributed by atoms with Crippen LogP contribution in [0.15, 0.2) is 152 Å². The van der Waals surface area contributed by atoms with Gasteiger partial charge in [0.05, 0.1) is 22.9 Å². The van der Waals surface area contributed by atoms with E-state index in [0.29, 0.717) is 23.2 Å². The van der Waals surface area contributed by atoms with Crippen LogP contribution in [0.4, 0.5) is 0 Å². The monoisotopic (exact) mass is 575 g/mol. The second-order valence-electron chi connectivity index (χ2n) is 11.1. The van der Waals surface area contributed by atoms with Crippen molar-refractivity contribution in [2.75, 3.05) is 0 Å². The molecular weight excluding hydrogens is 550 g/mol. The van der Waals surface area contributed by atoms with E-state index >= 15 is 0 Å². The normalized spacial score (nSPS) is 11.6. The minimum Gasteiger partial charge on any atom is -0.308 e. The molecule has 5 heteroatoms. The van der Waals surface area contributed by atoms with E-state index in [4.69, 9.17) is 19.9 Å². The van der Waals surface area contributed by atoms with Crippen molar-refractivity contribution < 1.29 is 0 Å². The minimum absolute atomic E-state index is 0.534. The highest BCUT2D eigenvalue weighted by molar-refractivity contribution is 6.21. The molecule has 0 unspecified atom stereocenters. The molecule has 0 saturated heterocycles. The van der Waals surface area contributed by atoms with E-state index in [-0.39, 0.29) is 0 Å². The first-order valence-electron chi connectivity index (χ1n) is 15.0. The summed E-state index contributed by atoms with van der Waals surface area (Å²) in [5.41, 5.74) is 5.84. The second-order valence-corrected chi connectivity index (χ2v) is 11.1. The van der Waals surface area contributed by atoms with Crippen molar-refractivity contribution in [1.29, 1.82) is 0 Å². The van der Waals surface area contributed by atoms with Crippen molar-refractivity contribution in [2.45, 2.75) is 0 Å². The zero-order valence-corrected chi connectivity index (χ0v) is 24.2. The summed E-state index contributed by atoms with van der Waals surface area (Å²) in [6.07, 6.45) is 1.92. The van der Waals surface area contributed by atoms with Gasteiger partial charge in [-0.2, -0.15) is 0 Å². The van der Waals surface area contributed by atoms with Gasteiger partial charge in [-0.25, -0.2) is 15.0 Å². The number of aromatic nitrogens is 5. The van der Waals surface area contributed by atoms with Crippen molar-refractivity contribution in [2.24, 2.45) is 0 Å². The van der Waals surface area contributed by atoms with E-state index in [1.807, 2.05) is 60.8 Å². The fourth-order valence-corrected chi connectivity index (χ4v) is 6.42. The van der Waals surface area contributed by atoms with Gasteiger partial charge in [0.2, 0.25) is 0 Å². The summed E-state index contributed by atoms with van der Waals surface area (Å²) in [5.74, 6) is 1.77. The summed E-state index contributed by atoms with van der Waals surface area (Å²) in [7, 11) is 0. The second kappa shape index (κ2) is 10.2. The number of nitrogens with zero attached hydrogens (tertiary/aromatic N) is 5. The molecule has 0 amide bonds. The van der Waals surface area contributed by atoms with Crippen LogP contribution in [0, 0.1) is 0 Å². The molecule has 6 aromatic carbocycles. The van der Waals surface area contributed by atoms with Crippen LogP contribution in [-0.4, -0.2) is 24.5 Å². The Balaban J connectivity index is 1.22. The molecule has 0 N–H and O–H groups in total. The molecule has 0 aliphatic rings. The molecule has 0 spiro atoms. The summed E-state index contributed by atoms with van der Waals surface area (Å²) in [4.78, 5) is 19.8. The Bertz CT molecular complexity index is 2530. The van der Waals surface area contributed by atoms with Gasteiger partial charge in [-0.1, -0.05) is 121 Å². The van der Waals surface area contributed by atoms with Gasteiger partial charge in [-0.05, 0) is 45.8 Å². The van der Waals surface area contributed by atoms with Crippen molar-refractivity contribution in [3.63, 3.8) is 0 Å². The van der Waals surface area contributed by atoms with Gasteiger partial charge in [0, 0.05) is 21.9 Å². The van der Waals surface area contributed by atoms with E-state index in [0.717, 1.165) is 38.6 Å². The molecule has 9 rings (SSSR count). The van der Waals surface area contributed by atoms with Crippen molar-refractivity contribution in [3.8, 4) is 40.0 Å². The molecule has 0 aliphatic heterocycles. The molecule has 3 aromatic heterocycles. The third-order valence-corrected chi connectivity index (χ3v) is 8.50. The molecule has 45 heavy (non-hydrogen) atoms. The van der Waals surface area contributed by atoms with Crippen molar-refractivity contribution in [1.82, 2.24) is 24.5 Å². The molecule has 3 heterocycles. The summed E-state index contributed by atoms with van der Waals surface area (Å²) in [6.45, 7) is 0. The van der Waals surface area contributed by atoms with E-state index in [9.17, 15) is 0 Å². The smallest absolute Gasteiger partial charge is 0.182 e. The van der Waals surface area contributed by atoms with E-state index in [2.05, 4.69) is 95.6 Å². The highest BCUT2D eigenvalue weighted by atomic mass is 15.1. The number of pyridine rings is 1. The van der Waals surface area contributed by atoms with E-state index in [1.54, 1.807) is 0 Å². The summed E-state index contributed by atoms with van der Waals surface area (Å²) in [6, 6.07) is 50.2. The number of hydrogen-bond donors (Lipinski definition) is 0. The lowest BCUT2D eigenvalue weighted by molar-refractivity contribution is 1.05. The molecule has 5 nitrogen and oxygen atoms in total. The first-order chi connectivity index (χ1) is 22.3. The van der Waals surface area contributed by atoms with Crippen molar-refractivity contribution in [3.05, 3.63) is 152 Å². The summed E-state index contributed by atoms with van der Waals surface area (Å²) in [5, 5.41) is 7.18. The van der Waals surface area contributed by atoms with Crippen LogP contribution in [0.5, 0.6) is 0 Å². The van der Waals surface area contributed by atoms with E-state index in [1.165, 1.54) is 21.5 Å². The Morgan fingerprint density at radius 3 is 1.91 bits per heavy atom. The molecule has 210 valence electrons. The van der Waals surface area contributed by atoms with Crippen LogP contribution in [0.1, 0.15) is 0 Å². The Hall–Kier alpha value is -6.20. The summed E-state index contributed by atoms with van der Waals surface area (Å²) >= 11 is 0. The van der Waals surface area contributed by atoms with Gasteiger partial charge in [0.15, 0.2) is 17.5 Å². The van der Waals surface area contributed by atoms with E-state index < -0.39 is 0 Å². The summed E-state index contributed by atoms with van der Waals surface area (Å²) < 4.78 is 2.29. The third kappa shape index (κ3) is 4.17. The van der Waals surface area contributed by atoms with Crippen LogP contribution in [0.3, 0.4) is 0 Å². The first kappa shape index (κ1) is 25.3. The minimum atomic E-state index is 0.534. The molecular formula is C40H25N5. The van der Waals surface area contributed by atoms with Crippen LogP contribution < -0.4 is 0 Å². The molecule has 9 aromatic rings. The Labute approximate surface area is 259 Å².